The summed E-state index contributed by atoms with van der Waals surface area (Å²) in [5.41, 5.74) is 1.23. The fraction of sp³-hybridized carbons (Fsp3) is 0.474. The van der Waals surface area contributed by atoms with Gasteiger partial charge in [-0.25, -0.2) is 9.78 Å². The van der Waals surface area contributed by atoms with E-state index in [2.05, 4.69) is 22.5 Å². The SMILES string of the molecule is Cc1ccc2ncn(CC(=O)NC(=O)NC3CCCCC3C)c(=O)c2c1. The van der Waals surface area contributed by atoms with Crippen LogP contribution in [0.1, 0.15) is 38.2 Å². The summed E-state index contributed by atoms with van der Waals surface area (Å²) in [5.74, 6) is -0.137. The van der Waals surface area contributed by atoms with Gasteiger partial charge in [-0.2, -0.15) is 0 Å². The molecule has 1 aromatic heterocycles. The van der Waals surface area contributed by atoms with Crippen LogP contribution >= 0.6 is 0 Å². The minimum Gasteiger partial charge on any atom is -0.335 e. The highest BCUT2D eigenvalue weighted by atomic mass is 16.2. The lowest BCUT2D eigenvalue weighted by Crippen LogP contribution is -2.48. The number of fused-ring (bicyclic) bond motifs is 1. The highest BCUT2D eigenvalue weighted by molar-refractivity contribution is 5.94. The maximum absolute atomic E-state index is 12.5. The fourth-order valence-electron chi connectivity index (χ4n) is 3.44. The molecule has 2 unspecified atom stereocenters. The van der Waals surface area contributed by atoms with Crippen molar-refractivity contribution in [3.8, 4) is 0 Å². The Morgan fingerprint density at radius 1 is 1.27 bits per heavy atom. The lowest BCUT2D eigenvalue weighted by Gasteiger charge is -2.29. The lowest BCUT2D eigenvalue weighted by atomic mass is 9.86. The van der Waals surface area contributed by atoms with Crippen LogP contribution in [0.4, 0.5) is 4.79 Å². The molecule has 0 spiro atoms. The number of amides is 3. The zero-order valence-electron chi connectivity index (χ0n) is 15.1. The molecule has 0 radical (unpaired) electrons. The van der Waals surface area contributed by atoms with Gasteiger partial charge in [0.1, 0.15) is 6.54 Å². The number of benzene rings is 1. The van der Waals surface area contributed by atoms with Gasteiger partial charge in [0.25, 0.3) is 5.56 Å². The van der Waals surface area contributed by atoms with E-state index in [1.807, 2.05) is 13.0 Å². The van der Waals surface area contributed by atoms with Crippen molar-refractivity contribution in [3.05, 3.63) is 40.4 Å². The third-order valence-electron chi connectivity index (χ3n) is 4.97. The minimum atomic E-state index is -0.540. The molecule has 1 heterocycles. The van der Waals surface area contributed by atoms with Crippen molar-refractivity contribution in [2.75, 3.05) is 0 Å². The van der Waals surface area contributed by atoms with Crippen LogP contribution in [0.5, 0.6) is 0 Å². The second-order valence-electron chi connectivity index (χ2n) is 7.09. The highest BCUT2D eigenvalue weighted by Gasteiger charge is 2.23. The van der Waals surface area contributed by atoms with Crippen LogP contribution in [0.15, 0.2) is 29.3 Å². The van der Waals surface area contributed by atoms with Crippen LogP contribution in [-0.2, 0) is 11.3 Å². The average molecular weight is 356 g/mol. The molecule has 1 aromatic carbocycles. The summed E-state index contributed by atoms with van der Waals surface area (Å²) in [6.07, 6.45) is 5.60. The standard InChI is InChI=1S/C19H24N4O3/c1-12-7-8-16-14(9-12)18(25)23(11-20-16)10-17(24)22-19(26)21-15-6-4-3-5-13(15)2/h7-9,11,13,15H,3-6,10H2,1-2H3,(H2,21,22,24,26). The fourth-order valence-corrected chi connectivity index (χ4v) is 3.44. The molecule has 0 saturated heterocycles. The number of rotatable bonds is 3. The maximum Gasteiger partial charge on any atom is 0.321 e. The second kappa shape index (κ2) is 7.68. The first-order valence-electron chi connectivity index (χ1n) is 9.00. The van der Waals surface area contributed by atoms with E-state index >= 15 is 0 Å². The summed E-state index contributed by atoms with van der Waals surface area (Å²) in [6.45, 7) is 3.75. The predicted molar refractivity (Wildman–Crippen MR) is 98.8 cm³/mol. The summed E-state index contributed by atoms with van der Waals surface area (Å²) in [7, 11) is 0. The highest BCUT2D eigenvalue weighted by Crippen LogP contribution is 2.23. The first-order chi connectivity index (χ1) is 12.4. The van der Waals surface area contributed by atoms with Gasteiger partial charge in [-0.3, -0.25) is 19.5 Å². The van der Waals surface area contributed by atoms with E-state index in [1.165, 1.54) is 17.3 Å². The number of nitrogens with one attached hydrogen (secondary N) is 2. The number of hydrogen-bond donors (Lipinski definition) is 2. The number of carbonyl (C=O) groups is 2. The Balaban J connectivity index is 1.64. The normalized spacial score (nSPS) is 19.9. The molecule has 2 atom stereocenters. The number of aromatic nitrogens is 2. The third kappa shape index (κ3) is 4.09. The number of carbonyl (C=O) groups excluding carboxylic acids is 2. The zero-order valence-corrected chi connectivity index (χ0v) is 15.1. The predicted octanol–water partition coefficient (Wildman–Crippen LogP) is 2.11. The summed E-state index contributed by atoms with van der Waals surface area (Å²) in [5, 5.41) is 5.63. The van der Waals surface area contributed by atoms with Gasteiger partial charge in [-0.15, -0.1) is 0 Å². The molecule has 1 aliphatic carbocycles. The molecular formula is C19H24N4O3. The van der Waals surface area contributed by atoms with Gasteiger partial charge in [0, 0.05) is 6.04 Å². The van der Waals surface area contributed by atoms with E-state index in [1.54, 1.807) is 12.1 Å². The van der Waals surface area contributed by atoms with Gasteiger partial charge in [0.2, 0.25) is 5.91 Å². The van der Waals surface area contributed by atoms with Crippen molar-refractivity contribution in [3.63, 3.8) is 0 Å². The maximum atomic E-state index is 12.5. The molecule has 138 valence electrons. The van der Waals surface area contributed by atoms with Crippen LogP contribution in [0.2, 0.25) is 0 Å². The molecule has 0 aliphatic heterocycles. The van der Waals surface area contributed by atoms with E-state index in [0.717, 1.165) is 24.8 Å². The summed E-state index contributed by atoms with van der Waals surface area (Å²) in [6, 6.07) is 4.98. The Labute approximate surface area is 151 Å². The van der Waals surface area contributed by atoms with Crippen LogP contribution in [-0.4, -0.2) is 27.5 Å². The van der Waals surface area contributed by atoms with Crippen molar-refractivity contribution in [1.29, 1.82) is 0 Å². The first kappa shape index (κ1) is 18.1. The van der Waals surface area contributed by atoms with E-state index in [9.17, 15) is 14.4 Å². The van der Waals surface area contributed by atoms with Crippen molar-refractivity contribution >= 4 is 22.8 Å². The number of hydrogen-bond acceptors (Lipinski definition) is 4. The summed E-state index contributed by atoms with van der Waals surface area (Å²) < 4.78 is 1.22. The van der Waals surface area contributed by atoms with E-state index < -0.39 is 11.9 Å². The Bertz CT molecular complexity index is 890. The monoisotopic (exact) mass is 356 g/mol. The molecule has 1 saturated carbocycles. The van der Waals surface area contributed by atoms with E-state index in [4.69, 9.17) is 0 Å². The van der Waals surface area contributed by atoms with Gasteiger partial charge >= 0.3 is 6.03 Å². The number of aryl methyl sites for hydroxylation is 1. The largest absolute Gasteiger partial charge is 0.335 e. The van der Waals surface area contributed by atoms with Gasteiger partial charge in [-0.1, -0.05) is 31.4 Å². The van der Waals surface area contributed by atoms with Crippen molar-refractivity contribution in [2.45, 2.75) is 52.1 Å². The first-order valence-corrected chi connectivity index (χ1v) is 9.00. The molecular weight excluding hydrogens is 332 g/mol. The Morgan fingerprint density at radius 3 is 2.81 bits per heavy atom. The van der Waals surface area contributed by atoms with Gasteiger partial charge < -0.3 is 5.32 Å². The molecule has 2 N–H and O–H groups in total. The zero-order chi connectivity index (χ0) is 18.7. The Kier molecular flexibility index (Phi) is 5.35. The van der Waals surface area contributed by atoms with Crippen molar-refractivity contribution in [2.24, 2.45) is 5.92 Å². The Morgan fingerprint density at radius 2 is 2.04 bits per heavy atom. The van der Waals surface area contributed by atoms with Crippen LogP contribution < -0.4 is 16.2 Å². The average Bonchev–Trinajstić information content (AvgIpc) is 2.60. The molecule has 26 heavy (non-hydrogen) atoms. The van der Waals surface area contributed by atoms with Crippen LogP contribution in [0.25, 0.3) is 10.9 Å². The van der Waals surface area contributed by atoms with Gasteiger partial charge in [0.05, 0.1) is 17.2 Å². The Hall–Kier alpha value is -2.70. The quantitative estimate of drug-likeness (QED) is 0.881. The number of urea groups is 1. The van der Waals surface area contributed by atoms with Crippen LogP contribution in [0.3, 0.4) is 0 Å². The van der Waals surface area contributed by atoms with Crippen LogP contribution in [0, 0.1) is 12.8 Å². The van der Waals surface area contributed by atoms with Gasteiger partial charge in [-0.05, 0) is 37.8 Å². The topological polar surface area (TPSA) is 93.1 Å². The molecule has 7 heteroatoms. The van der Waals surface area contributed by atoms with E-state index in [0.29, 0.717) is 16.8 Å². The van der Waals surface area contributed by atoms with Crippen molar-refractivity contribution < 1.29 is 9.59 Å². The molecule has 3 amide bonds. The third-order valence-corrected chi connectivity index (χ3v) is 4.97. The second-order valence-corrected chi connectivity index (χ2v) is 7.09. The lowest BCUT2D eigenvalue weighted by molar-refractivity contribution is -0.120. The number of imide groups is 1. The van der Waals surface area contributed by atoms with E-state index in [-0.39, 0.29) is 18.1 Å². The smallest absolute Gasteiger partial charge is 0.321 e. The summed E-state index contributed by atoms with van der Waals surface area (Å²) in [4.78, 5) is 40.9. The molecule has 2 aromatic rings. The van der Waals surface area contributed by atoms with Crippen molar-refractivity contribution in [1.82, 2.24) is 20.2 Å². The molecule has 1 fully saturated rings. The molecule has 3 rings (SSSR count). The van der Waals surface area contributed by atoms with Gasteiger partial charge in [0.15, 0.2) is 0 Å². The number of nitrogens with zero attached hydrogens (tertiary/aromatic N) is 2. The minimum absolute atomic E-state index is 0.0876. The molecule has 7 nitrogen and oxygen atoms in total. The molecule has 0 bridgehead atoms. The molecule has 1 aliphatic rings. The summed E-state index contributed by atoms with van der Waals surface area (Å²) >= 11 is 0.